The van der Waals surface area contributed by atoms with Crippen molar-refractivity contribution in [2.24, 2.45) is 18.9 Å². The van der Waals surface area contributed by atoms with Gasteiger partial charge >= 0.3 is 0 Å². The van der Waals surface area contributed by atoms with Crippen LogP contribution in [0, 0.1) is 11.8 Å². The summed E-state index contributed by atoms with van der Waals surface area (Å²) in [4.78, 5) is 32.8. The van der Waals surface area contributed by atoms with Crippen molar-refractivity contribution >= 4 is 11.8 Å². The fourth-order valence-corrected chi connectivity index (χ4v) is 4.40. The quantitative estimate of drug-likeness (QED) is 0.780. The summed E-state index contributed by atoms with van der Waals surface area (Å²) in [6, 6.07) is 0.226. The molecule has 3 fully saturated rings. The van der Waals surface area contributed by atoms with Crippen LogP contribution in [0.25, 0.3) is 0 Å². The van der Waals surface area contributed by atoms with Crippen LogP contribution in [0.3, 0.4) is 0 Å². The molecular formula is C19H29N5O2. The minimum atomic E-state index is 0.0826. The largest absolute Gasteiger partial charge is 0.352 e. The lowest BCUT2D eigenvalue weighted by atomic mass is 9.98. The number of nitrogens with one attached hydrogen (secondary N) is 1. The summed E-state index contributed by atoms with van der Waals surface area (Å²) in [5, 5.41) is 3.27. The number of aromatic nitrogens is 2. The number of carbonyl (C=O) groups is 2. The molecule has 1 aliphatic carbocycles. The molecule has 0 spiro atoms. The van der Waals surface area contributed by atoms with E-state index < -0.39 is 0 Å². The van der Waals surface area contributed by atoms with Crippen LogP contribution < -0.4 is 5.32 Å². The van der Waals surface area contributed by atoms with Gasteiger partial charge in [0.2, 0.25) is 11.8 Å². The van der Waals surface area contributed by atoms with Gasteiger partial charge < -0.3 is 14.8 Å². The molecule has 3 aliphatic rings. The first kappa shape index (κ1) is 17.5. The molecule has 0 aromatic carbocycles. The van der Waals surface area contributed by atoms with Crippen molar-refractivity contribution in [2.75, 3.05) is 26.2 Å². The minimum absolute atomic E-state index is 0.0826. The lowest BCUT2D eigenvalue weighted by Gasteiger charge is -2.21. The zero-order valence-corrected chi connectivity index (χ0v) is 15.6. The standard InChI is InChI=1S/C19H29N5O2/c1-22-10-7-20-17(22)13-23-11-15(14-4-5-14)16(12-23)21-18(25)6-9-24-8-2-3-19(24)26/h7,10,14-16H,2-6,8-9,11-13H2,1H3,(H,21,25)/t15-,16+/m0/s1. The molecule has 7 nitrogen and oxygen atoms in total. The average Bonchev–Trinajstić information content (AvgIpc) is 3.07. The Morgan fingerprint density at radius 1 is 1.35 bits per heavy atom. The summed E-state index contributed by atoms with van der Waals surface area (Å²) in [5.74, 6) is 2.65. The molecule has 1 aromatic heterocycles. The van der Waals surface area contributed by atoms with E-state index >= 15 is 0 Å². The van der Waals surface area contributed by atoms with E-state index in [0.29, 0.717) is 25.3 Å². The van der Waals surface area contributed by atoms with Gasteiger partial charge in [0.15, 0.2) is 0 Å². The van der Waals surface area contributed by atoms with Crippen LogP contribution in [-0.2, 0) is 23.2 Å². The van der Waals surface area contributed by atoms with Crippen molar-refractivity contribution in [3.63, 3.8) is 0 Å². The van der Waals surface area contributed by atoms with E-state index in [4.69, 9.17) is 0 Å². The number of likely N-dealkylation sites (tertiary alicyclic amines) is 2. The zero-order valence-electron chi connectivity index (χ0n) is 15.6. The third kappa shape index (κ3) is 3.92. The van der Waals surface area contributed by atoms with Crippen molar-refractivity contribution in [1.29, 1.82) is 0 Å². The van der Waals surface area contributed by atoms with E-state index in [0.717, 1.165) is 44.3 Å². The van der Waals surface area contributed by atoms with Gasteiger partial charge in [0.05, 0.1) is 6.54 Å². The van der Waals surface area contributed by atoms with Crippen LogP contribution in [0.1, 0.15) is 37.9 Å². The molecule has 2 saturated heterocycles. The highest BCUT2D eigenvalue weighted by Crippen LogP contribution is 2.41. The smallest absolute Gasteiger partial charge is 0.222 e. The molecular weight excluding hydrogens is 330 g/mol. The van der Waals surface area contributed by atoms with E-state index in [1.807, 2.05) is 24.3 Å². The van der Waals surface area contributed by atoms with Crippen molar-refractivity contribution in [3.05, 3.63) is 18.2 Å². The Morgan fingerprint density at radius 2 is 2.19 bits per heavy atom. The normalized spacial score (nSPS) is 26.7. The van der Waals surface area contributed by atoms with E-state index in [1.54, 1.807) is 0 Å². The molecule has 3 heterocycles. The SMILES string of the molecule is Cn1ccnc1CN1C[C@@H](NC(=O)CCN2CCCC2=O)[C@H](C2CC2)C1. The third-order valence-electron chi connectivity index (χ3n) is 6.08. The molecule has 2 atom stereocenters. The fourth-order valence-electron chi connectivity index (χ4n) is 4.40. The summed E-state index contributed by atoms with van der Waals surface area (Å²) < 4.78 is 2.06. The summed E-state index contributed by atoms with van der Waals surface area (Å²) in [6.45, 7) is 4.12. The molecule has 4 rings (SSSR count). The highest BCUT2D eigenvalue weighted by molar-refractivity contribution is 5.80. The highest BCUT2D eigenvalue weighted by atomic mass is 16.2. The Morgan fingerprint density at radius 3 is 2.85 bits per heavy atom. The van der Waals surface area contributed by atoms with Gasteiger partial charge in [-0.3, -0.25) is 14.5 Å². The van der Waals surface area contributed by atoms with Crippen molar-refractivity contribution in [1.82, 2.24) is 24.7 Å². The summed E-state index contributed by atoms with van der Waals surface area (Å²) in [7, 11) is 2.02. The first-order chi connectivity index (χ1) is 12.6. The zero-order chi connectivity index (χ0) is 18.1. The molecule has 0 radical (unpaired) electrons. The fraction of sp³-hybridized carbons (Fsp3) is 0.737. The van der Waals surface area contributed by atoms with E-state index in [-0.39, 0.29) is 17.9 Å². The molecule has 0 bridgehead atoms. The minimum Gasteiger partial charge on any atom is -0.352 e. The van der Waals surface area contributed by atoms with Crippen molar-refractivity contribution in [2.45, 2.75) is 44.7 Å². The average molecular weight is 359 g/mol. The first-order valence-electron chi connectivity index (χ1n) is 9.86. The number of imidazole rings is 1. The number of aryl methyl sites for hydroxylation is 1. The van der Waals surface area contributed by atoms with Gasteiger partial charge in [0.25, 0.3) is 0 Å². The van der Waals surface area contributed by atoms with Gasteiger partial charge in [-0.25, -0.2) is 4.98 Å². The summed E-state index contributed by atoms with van der Waals surface area (Å²) >= 11 is 0. The maximum absolute atomic E-state index is 12.4. The van der Waals surface area contributed by atoms with Crippen LogP contribution in [0.5, 0.6) is 0 Å². The Labute approximate surface area is 154 Å². The number of hydrogen-bond acceptors (Lipinski definition) is 4. The molecule has 1 aromatic rings. The number of hydrogen-bond donors (Lipinski definition) is 1. The van der Waals surface area contributed by atoms with E-state index in [2.05, 4.69) is 19.8 Å². The van der Waals surface area contributed by atoms with Crippen molar-refractivity contribution < 1.29 is 9.59 Å². The van der Waals surface area contributed by atoms with Gasteiger partial charge in [-0.05, 0) is 31.1 Å². The molecule has 0 unspecified atom stereocenters. The topological polar surface area (TPSA) is 70.5 Å². The predicted octanol–water partition coefficient (Wildman–Crippen LogP) is 0.759. The van der Waals surface area contributed by atoms with Gasteiger partial charge in [-0.1, -0.05) is 0 Å². The maximum atomic E-state index is 12.4. The van der Waals surface area contributed by atoms with Gasteiger partial charge in [-0.15, -0.1) is 0 Å². The van der Waals surface area contributed by atoms with Gasteiger partial charge in [-0.2, -0.15) is 0 Å². The molecule has 1 N–H and O–H groups in total. The summed E-state index contributed by atoms with van der Waals surface area (Å²) in [6.07, 6.45) is 8.36. The number of carbonyl (C=O) groups excluding carboxylic acids is 2. The maximum Gasteiger partial charge on any atom is 0.222 e. The second-order valence-corrected chi connectivity index (χ2v) is 8.06. The molecule has 7 heteroatoms. The molecule has 2 amide bonds. The van der Waals surface area contributed by atoms with E-state index in [1.165, 1.54) is 12.8 Å². The Kier molecular flexibility index (Phi) is 4.98. The predicted molar refractivity (Wildman–Crippen MR) is 97.1 cm³/mol. The van der Waals surface area contributed by atoms with Gasteiger partial charge in [0.1, 0.15) is 5.82 Å². The lowest BCUT2D eigenvalue weighted by molar-refractivity contribution is -0.128. The van der Waals surface area contributed by atoms with E-state index in [9.17, 15) is 9.59 Å². The highest BCUT2D eigenvalue weighted by Gasteiger charge is 2.43. The molecule has 142 valence electrons. The van der Waals surface area contributed by atoms with Crippen LogP contribution in [-0.4, -0.2) is 63.4 Å². The van der Waals surface area contributed by atoms with Crippen LogP contribution in [0.4, 0.5) is 0 Å². The Bertz CT molecular complexity index is 669. The molecule has 1 saturated carbocycles. The molecule has 2 aliphatic heterocycles. The monoisotopic (exact) mass is 359 g/mol. The lowest BCUT2D eigenvalue weighted by Crippen LogP contribution is -2.42. The number of rotatable bonds is 7. The number of nitrogens with zero attached hydrogens (tertiary/aromatic N) is 4. The second-order valence-electron chi connectivity index (χ2n) is 8.06. The van der Waals surface area contributed by atoms with Crippen LogP contribution >= 0.6 is 0 Å². The van der Waals surface area contributed by atoms with Crippen molar-refractivity contribution in [3.8, 4) is 0 Å². The van der Waals surface area contributed by atoms with Crippen LogP contribution in [0.2, 0.25) is 0 Å². The number of amides is 2. The molecule has 26 heavy (non-hydrogen) atoms. The van der Waals surface area contributed by atoms with Crippen LogP contribution in [0.15, 0.2) is 12.4 Å². The Balaban J connectivity index is 1.30. The Hall–Kier alpha value is -1.89. The second kappa shape index (κ2) is 7.39. The van der Waals surface area contributed by atoms with Gasteiger partial charge in [0, 0.05) is 64.5 Å². The first-order valence-corrected chi connectivity index (χ1v) is 9.86. The third-order valence-corrected chi connectivity index (χ3v) is 6.08. The summed E-state index contributed by atoms with van der Waals surface area (Å²) in [5.41, 5.74) is 0.